The fraction of sp³-hybridized carbons (Fsp3) is 0.364. The van der Waals surface area contributed by atoms with Crippen LogP contribution in [-0.2, 0) is 9.84 Å². The fourth-order valence-electron chi connectivity index (χ4n) is 1.30. The van der Waals surface area contributed by atoms with Crippen molar-refractivity contribution in [3.63, 3.8) is 0 Å². The van der Waals surface area contributed by atoms with Crippen LogP contribution in [0.3, 0.4) is 0 Å². The molecule has 17 heavy (non-hydrogen) atoms. The normalized spacial score (nSPS) is 11.2. The van der Waals surface area contributed by atoms with Crippen LogP contribution in [-0.4, -0.2) is 32.9 Å². The first-order chi connectivity index (χ1) is 7.81. The average molecular weight is 320 g/mol. The summed E-state index contributed by atoms with van der Waals surface area (Å²) in [6.45, 7) is 1.96. The van der Waals surface area contributed by atoms with Crippen molar-refractivity contribution < 1.29 is 13.2 Å². The Morgan fingerprint density at radius 2 is 2.06 bits per heavy atom. The number of amides is 1. The quantitative estimate of drug-likeness (QED) is 0.915. The van der Waals surface area contributed by atoms with Gasteiger partial charge in [0, 0.05) is 22.8 Å². The Morgan fingerprint density at radius 1 is 1.41 bits per heavy atom. The lowest BCUT2D eigenvalue weighted by atomic mass is 10.1. The van der Waals surface area contributed by atoms with Gasteiger partial charge in [0.2, 0.25) is 0 Å². The van der Waals surface area contributed by atoms with Crippen molar-refractivity contribution in [2.45, 2.75) is 6.92 Å². The predicted molar refractivity (Wildman–Crippen MR) is 70.9 cm³/mol. The third kappa shape index (κ3) is 4.47. The van der Waals surface area contributed by atoms with E-state index in [1.807, 2.05) is 13.0 Å². The van der Waals surface area contributed by atoms with E-state index in [0.717, 1.165) is 16.3 Å². The van der Waals surface area contributed by atoms with Gasteiger partial charge in [-0.2, -0.15) is 0 Å². The van der Waals surface area contributed by atoms with Crippen molar-refractivity contribution in [1.29, 1.82) is 0 Å². The highest BCUT2D eigenvalue weighted by molar-refractivity contribution is 9.10. The minimum atomic E-state index is -3.04. The lowest BCUT2D eigenvalue weighted by molar-refractivity contribution is 0.0955. The van der Waals surface area contributed by atoms with E-state index in [-0.39, 0.29) is 18.2 Å². The Labute approximate surface area is 109 Å². The summed E-state index contributed by atoms with van der Waals surface area (Å²) < 4.78 is 22.7. The third-order valence-electron chi connectivity index (χ3n) is 2.27. The van der Waals surface area contributed by atoms with Gasteiger partial charge in [0.1, 0.15) is 9.84 Å². The van der Waals surface area contributed by atoms with E-state index in [2.05, 4.69) is 21.2 Å². The molecule has 0 aliphatic carbocycles. The number of carbonyl (C=O) groups is 1. The number of sulfone groups is 1. The van der Waals surface area contributed by atoms with Crippen LogP contribution in [0.25, 0.3) is 0 Å². The summed E-state index contributed by atoms with van der Waals surface area (Å²) in [5, 5.41) is 2.58. The largest absolute Gasteiger partial charge is 0.351 e. The molecule has 94 valence electrons. The predicted octanol–water partition coefficient (Wildman–Crippen LogP) is 1.53. The second kappa shape index (κ2) is 5.64. The van der Waals surface area contributed by atoms with E-state index >= 15 is 0 Å². The van der Waals surface area contributed by atoms with Crippen molar-refractivity contribution in [3.05, 3.63) is 33.8 Å². The van der Waals surface area contributed by atoms with Gasteiger partial charge < -0.3 is 5.32 Å². The molecule has 0 radical (unpaired) electrons. The molecule has 0 atom stereocenters. The monoisotopic (exact) mass is 319 g/mol. The van der Waals surface area contributed by atoms with Gasteiger partial charge in [0.15, 0.2) is 0 Å². The van der Waals surface area contributed by atoms with Crippen LogP contribution in [0, 0.1) is 6.92 Å². The Bertz CT molecular complexity index is 526. The highest BCUT2D eigenvalue weighted by Gasteiger charge is 2.11. The van der Waals surface area contributed by atoms with Crippen molar-refractivity contribution in [2.75, 3.05) is 18.6 Å². The van der Waals surface area contributed by atoms with Crippen molar-refractivity contribution in [1.82, 2.24) is 5.32 Å². The molecule has 0 aliphatic heterocycles. The first-order valence-electron chi connectivity index (χ1n) is 5.02. The summed E-state index contributed by atoms with van der Waals surface area (Å²) in [5.74, 6) is -0.307. The van der Waals surface area contributed by atoms with Crippen LogP contribution in [0.15, 0.2) is 22.7 Å². The molecule has 1 N–H and O–H groups in total. The summed E-state index contributed by atoms with van der Waals surface area (Å²) in [6, 6.07) is 5.32. The molecule has 6 heteroatoms. The van der Waals surface area contributed by atoms with Gasteiger partial charge in [0.05, 0.1) is 5.75 Å². The number of nitrogens with one attached hydrogen (secondary N) is 1. The second-order valence-electron chi connectivity index (χ2n) is 3.80. The third-order valence-corrected chi connectivity index (χ3v) is 4.08. The lowest BCUT2D eigenvalue weighted by Gasteiger charge is -2.08. The van der Waals surface area contributed by atoms with Crippen LogP contribution in [0.5, 0.6) is 0 Å². The molecule has 1 aromatic carbocycles. The Hall–Kier alpha value is -0.880. The van der Waals surface area contributed by atoms with Crippen molar-refractivity contribution >= 4 is 31.7 Å². The number of rotatable bonds is 4. The van der Waals surface area contributed by atoms with Gasteiger partial charge in [-0.25, -0.2) is 8.42 Å². The number of hydrogen-bond donors (Lipinski definition) is 1. The minimum Gasteiger partial charge on any atom is -0.351 e. The molecule has 0 heterocycles. The zero-order chi connectivity index (χ0) is 13.1. The molecule has 0 aromatic heterocycles. The first kappa shape index (κ1) is 14.2. The van der Waals surface area contributed by atoms with Crippen LogP contribution in [0.4, 0.5) is 0 Å². The van der Waals surface area contributed by atoms with E-state index in [1.54, 1.807) is 12.1 Å². The first-order valence-corrected chi connectivity index (χ1v) is 7.87. The minimum absolute atomic E-state index is 0.0498. The van der Waals surface area contributed by atoms with Gasteiger partial charge in [-0.3, -0.25) is 4.79 Å². The molecule has 0 fully saturated rings. The summed E-state index contributed by atoms with van der Waals surface area (Å²) in [5.41, 5.74) is 1.39. The zero-order valence-corrected chi connectivity index (χ0v) is 12.1. The molecule has 1 amide bonds. The highest BCUT2D eigenvalue weighted by atomic mass is 79.9. The maximum Gasteiger partial charge on any atom is 0.251 e. The summed E-state index contributed by atoms with van der Waals surface area (Å²) in [4.78, 5) is 11.8. The summed E-state index contributed by atoms with van der Waals surface area (Å²) >= 11 is 3.34. The molecule has 1 aromatic rings. The topological polar surface area (TPSA) is 63.2 Å². The van der Waals surface area contributed by atoms with Crippen LogP contribution >= 0.6 is 15.9 Å². The van der Waals surface area contributed by atoms with Gasteiger partial charge in [0.25, 0.3) is 5.91 Å². The lowest BCUT2D eigenvalue weighted by Crippen LogP contribution is -2.29. The van der Waals surface area contributed by atoms with Gasteiger partial charge >= 0.3 is 0 Å². The van der Waals surface area contributed by atoms with Crippen LogP contribution < -0.4 is 5.32 Å². The second-order valence-corrected chi connectivity index (χ2v) is 6.91. The van der Waals surface area contributed by atoms with E-state index in [4.69, 9.17) is 0 Å². The summed E-state index contributed by atoms with van der Waals surface area (Å²) in [6.07, 6.45) is 1.14. The molecular formula is C11H14BrNO3S. The Kier molecular flexibility index (Phi) is 4.70. The van der Waals surface area contributed by atoms with E-state index in [9.17, 15) is 13.2 Å². The Balaban J connectivity index is 2.68. The van der Waals surface area contributed by atoms with Gasteiger partial charge in [-0.1, -0.05) is 22.0 Å². The molecule has 0 saturated heterocycles. The molecule has 0 spiro atoms. The van der Waals surface area contributed by atoms with Crippen molar-refractivity contribution in [2.24, 2.45) is 0 Å². The Morgan fingerprint density at radius 3 is 2.65 bits per heavy atom. The van der Waals surface area contributed by atoms with E-state index < -0.39 is 9.84 Å². The maximum atomic E-state index is 11.8. The van der Waals surface area contributed by atoms with E-state index in [1.165, 1.54) is 0 Å². The molecular weight excluding hydrogens is 306 g/mol. The summed E-state index contributed by atoms with van der Waals surface area (Å²) in [7, 11) is -3.04. The standard InChI is InChI=1S/C11H14BrNO3S/c1-8-9(4-3-5-10(8)12)11(14)13-6-7-17(2,15)16/h3-5H,6-7H2,1-2H3,(H,13,14). The van der Waals surface area contributed by atoms with Crippen LogP contribution in [0.2, 0.25) is 0 Å². The zero-order valence-electron chi connectivity index (χ0n) is 9.66. The molecule has 4 nitrogen and oxygen atoms in total. The smallest absolute Gasteiger partial charge is 0.251 e. The van der Waals surface area contributed by atoms with Gasteiger partial charge in [-0.15, -0.1) is 0 Å². The van der Waals surface area contributed by atoms with Crippen molar-refractivity contribution in [3.8, 4) is 0 Å². The van der Waals surface area contributed by atoms with Gasteiger partial charge in [-0.05, 0) is 24.6 Å². The molecule has 0 unspecified atom stereocenters. The number of halogens is 1. The number of benzene rings is 1. The fourth-order valence-corrected chi connectivity index (χ4v) is 2.14. The SMILES string of the molecule is Cc1c(Br)cccc1C(=O)NCCS(C)(=O)=O. The number of hydrogen-bond acceptors (Lipinski definition) is 3. The molecule has 0 bridgehead atoms. The molecule has 1 rings (SSSR count). The molecule has 0 aliphatic rings. The van der Waals surface area contributed by atoms with E-state index in [0.29, 0.717) is 5.56 Å². The molecule has 0 saturated carbocycles. The maximum absolute atomic E-state index is 11.8. The average Bonchev–Trinajstić information content (AvgIpc) is 2.20. The highest BCUT2D eigenvalue weighted by Crippen LogP contribution is 2.19. The number of carbonyl (C=O) groups excluding carboxylic acids is 1. The van der Waals surface area contributed by atoms with Crippen LogP contribution in [0.1, 0.15) is 15.9 Å².